The number of nitrogens with one attached hydrogen (secondary N) is 3. The van der Waals surface area contributed by atoms with Crippen LogP contribution in [0.2, 0.25) is 0 Å². The minimum Gasteiger partial charge on any atom is -0.490 e. The lowest BCUT2D eigenvalue weighted by Gasteiger charge is -2.31. The van der Waals surface area contributed by atoms with Crippen molar-refractivity contribution in [1.82, 2.24) is 20.4 Å². The van der Waals surface area contributed by atoms with Gasteiger partial charge in [0.2, 0.25) is 0 Å². The number of carbonyl (C=O) groups is 3. The Hall–Kier alpha value is -3.74. The standard InChI is InChI=1S/C28H45N5O8/c1-27(2,3)40-25(37)30-11-7-13-32(14-8-12-31-26(38)41-28(4,5)6)24(29)33-16-19-9-10-21(15-20(19)17-33)39-18-22(34)23(35)36/h9-10,15,22,29,34H,7-8,11-14,16-18H2,1-6H3,(H,30,37)(H,31,38)(H,35,36)/t22-/m1/s1. The first-order chi connectivity index (χ1) is 19.0. The van der Waals surface area contributed by atoms with E-state index in [0.717, 1.165) is 11.1 Å². The summed E-state index contributed by atoms with van der Waals surface area (Å²) in [5.41, 5.74) is 0.769. The van der Waals surface area contributed by atoms with Gasteiger partial charge in [-0.25, -0.2) is 14.4 Å². The van der Waals surface area contributed by atoms with Crippen LogP contribution in [0.15, 0.2) is 18.2 Å². The highest BCUT2D eigenvalue weighted by Gasteiger charge is 2.26. The summed E-state index contributed by atoms with van der Waals surface area (Å²) in [6, 6.07) is 5.37. The number of ether oxygens (including phenoxy) is 3. The SMILES string of the molecule is CC(C)(C)OC(=O)NCCCN(CCCNC(=O)OC(C)(C)C)C(=N)N1Cc2ccc(OC[C@@H](O)C(=O)O)cc2C1. The Labute approximate surface area is 241 Å². The van der Waals surface area contributed by atoms with E-state index < -0.39 is 35.5 Å². The number of rotatable bonds is 12. The molecule has 0 aliphatic carbocycles. The van der Waals surface area contributed by atoms with Crippen LogP contribution in [0.1, 0.15) is 65.5 Å². The first-order valence-electron chi connectivity index (χ1n) is 13.7. The van der Waals surface area contributed by atoms with Gasteiger partial charge in [0.25, 0.3) is 0 Å². The van der Waals surface area contributed by atoms with E-state index in [1.807, 2.05) is 15.9 Å². The molecule has 1 aromatic carbocycles. The van der Waals surface area contributed by atoms with E-state index >= 15 is 0 Å². The van der Waals surface area contributed by atoms with E-state index in [0.29, 0.717) is 63.8 Å². The molecule has 0 unspecified atom stereocenters. The predicted octanol–water partition coefficient (Wildman–Crippen LogP) is 2.89. The summed E-state index contributed by atoms with van der Waals surface area (Å²) >= 11 is 0. The Kier molecular flexibility index (Phi) is 12.1. The van der Waals surface area contributed by atoms with E-state index in [1.165, 1.54) is 0 Å². The molecule has 0 bridgehead atoms. The molecule has 1 aliphatic heterocycles. The number of carboxylic acids is 1. The lowest BCUT2D eigenvalue weighted by atomic mass is 10.1. The highest BCUT2D eigenvalue weighted by Crippen LogP contribution is 2.27. The van der Waals surface area contributed by atoms with Crippen LogP contribution < -0.4 is 15.4 Å². The van der Waals surface area contributed by atoms with Gasteiger partial charge < -0.3 is 44.9 Å². The zero-order chi connectivity index (χ0) is 30.8. The van der Waals surface area contributed by atoms with Crippen molar-refractivity contribution in [1.29, 1.82) is 5.41 Å². The van der Waals surface area contributed by atoms with E-state index in [-0.39, 0.29) is 6.61 Å². The number of guanidine groups is 1. The molecule has 0 saturated carbocycles. The van der Waals surface area contributed by atoms with Gasteiger partial charge in [0, 0.05) is 39.3 Å². The van der Waals surface area contributed by atoms with E-state index in [4.69, 9.17) is 24.7 Å². The number of aliphatic hydroxyl groups is 1. The van der Waals surface area contributed by atoms with Crippen molar-refractivity contribution < 1.29 is 38.8 Å². The Morgan fingerprint density at radius 1 is 0.951 bits per heavy atom. The molecule has 1 aliphatic rings. The summed E-state index contributed by atoms with van der Waals surface area (Å²) in [5, 5.41) is 32.7. The second-order valence-electron chi connectivity index (χ2n) is 11.8. The van der Waals surface area contributed by atoms with Crippen LogP contribution in [-0.2, 0) is 27.4 Å². The monoisotopic (exact) mass is 579 g/mol. The summed E-state index contributed by atoms with van der Waals surface area (Å²) in [5.74, 6) is -0.608. The van der Waals surface area contributed by atoms with Gasteiger partial charge >= 0.3 is 18.2 Å². The van der Waals surface area contributed by atoms with Gasteiger partial charge in [-0.2, -0.15) is 0 Å². The highest BCUT2D eigenvalue weighted by molar-refractivity contribution is 5.78. The maximum Gasteiger partial charge on any atom is 0.407 e. The molecular formula is C28H45N5O8. The maximum absolute atomic E-state index is 12.0. The van der Waals surface area contributed by atoms with Gasteiger partial charge in [-0.3, -0.25) is 5.41 Å². The molecule has 0 spiro atoms. The minimum absolute atomic E-state index is 0.305. The fraction of sp³-hybridized carbons (Fsp3) is 0.643. The zero-order valence-corrected chi connectivity index (χ0v) is 24.9. The maximum atomic E-state index is 12.0. The summed E-state index contributed by atoms with van der Waals surface area (Å²) < 4.78 is 16.0. The molecule has 2 rings (SSSR count). The number of hydrogen-bond acceptors (Lipinski definition) is 8. The van der Waals surface area contributed by atoms with Gasteiger partial charge in [0.15, 0.2) is 12.1 Å². The van der Waals surface area contributed by atoms with Crippen molar-refractivity contribution in [2.45, 2.75) is 84.8 Å². The number of carboxylic acid groups (broad SMARTS) is 1. The van der Waals surface area contributed by atoms with Crippen LogP contribution in [0.3, 0.4) is 0 Å². The first-order valence-corrected chi connectivity index (χ1v) is 13.7. The molecule has 1 aromatic rings. The third-order valence-corrected chi connectivity index (χ3v) is 5.74. The molecule has 1 heterocycles. The van der Waals surface area contributed by atoms with Crippen LogP contribution in [0.5, 0.6) is 5.75 Å². The number of carbonyl (C=O) groups excluding carboxylic acids is 2. The molecular weight excluding hydrogens is 534 g/mol. The molecule has 0 aromatic heterocycles. The molecule has 13 heteroatoms. The van der Waals surface area contributed by atoms with Crippen molar-refractivity contribution in [3.63, 3.8) is 0 Å². The second kappa shape index (κ2) is 14.8. The molecule has 1 atom stereocenters. The molecule has 5 N–H and O–H groups in total. The zero-order valence-electron chi connectivity index (χ0n) is 24.9. The molecule has 230 valence electrons. The van der Waals surface area contributed by atoms with Crippen molar-refractivity contribution in [2.75, 3.05) is 32.8 Å². The Balaban J connectivity index is 1.97. The average Bonchev–Trinajstić information content (AvgIpc) is 3.27. The smallest absolute Gasteiger partial charge is 0.407 e. The van der Waals surface area contributed by atoms with Crippen LogP contribution in [0.25, 0.3) is 0 Å². The lowest BCUT2D eigenvalue weighted by Crippen LogP contribution is -2.44. The Bertz CT molecular complexity index is 1030. The number of hydrogen-bond donors (Lipinski definition) is 5. The molecule has 2 amide bonds. The number of alkyl carbamates (subject to hydrolysis) is 2. The van der Waals surface area contributed by atoms with E-state index in [2.05, 4.69) is 10.6 Å². The fourth-order valence-electron chi connectivity index (χ4n) is 3.93. The second-order valence-corrected chi connectivity index (χ2v) is 11.8. The Morgan fingerprint density at radius 2 is 1.46 bits per heavy atom. The first kappa shape index (κ1) is 33.5. The van der Waals surface area contributed by atoms with Crippen molar-refractivity contribution in [3.05, 3.63) is 29.3 Å². The fourth-order valence-corrected chi connectivity index (χ4v) is 3.93. The number of nitrogens with zero attached hydrogens (tertiary/aromatic N) is 2. The summed E-state index contributed by atoms with van der Waals surface area (Å²) in [6.45, 7) is 13.1. The molecule has 41 heavy (non-hydrogen) atoms. The Morgan fingerprint density at radius 3 is 1.95 bits per heavy atom. The minimum atomic E-state index is -1.61. The number of aliphatic carboxylic acids is 1. The summed E-state index contributed by atoms with van der Waals surface area (Å²) in [7, 11) is 0. The van der Waals surface area contributed by atoms with Crippen LogP contribution >= 0.6 is 0 Å². The molecule has 13 nitrogen and oxygen atoms in total. The number of aliphatic hydroxyl groups excluding tert-OH is 1. The normalized spacial score (nSPS) is 13.6. The third-order valence-electron chi connectivity index (χ3n) is 5.74. The molecule has 0 saturated heterocycles. The van der Waals surface area contributed by atoms with Crippen LogP contribution in [0.4, 0.5) is 9.59 Å². The summed E-state index contributed by atoms with van der Waals surface area (Å²) in [6.07, 6.45) is -1.46. The topological polar surface area (TPSA) is 174 Å². The lowest BCUT2D eigenvalue weighted by molar-refractivity contribution is -0.148. The quantitative estimate of drug-likeness (QED) is 0.141. The van der Waals surface area contributed by atoms with Gasteiger partial charge in [-0.15, -0.1) is 0 Å². The van der Waals surface area contributed by atoms with Gasteiger partial charge in [0.05, 0.1) is 0 Å². The molecule has 0 radical (unpaired) electrons. The third kappa shape index (κ3) is 12.5. The number of benzene rings is 1. The largest absolute Gasteiger partial charge is 0.490 e. The predicted molar refractivity (Wildman–Crippen MR) is 152 cm³/mol. The van der Waals surface area contributed by atoms with E-state index in [9.17, 15) is 19.5 Å². The van der Waals surface area contributed by atoms with Crippen LogP contribution in [0, 0.1) is 5.41 Å². The highest BCUT2D eigenvalue weighted by atomic mass is 16.6. The average molecular weight is 580 g/mol. The van der Waals surface area contributed by atoms with Crippen molar-refractivity contribution in [3.8, 4) is 5.75 Å². The van der Waals surface area contributed by atoms with Crippen LogP contribution in [-0.4, -0.2) is 94.2 Å². The summed E-state index contributed by atoms with van der Waals surface area (Å²) in [4.78, 5) is 38.6. The number of amides is 2. The van der Waals surface area contributed by atoms with Gasteiger partial charge in [0.1, 0.15) is 23.6 Å². The van der Waals surface area contributed by atoms with Crippen molar-refractivity contribution >= 4 is 24.1 Å². The van der Waals surface area contributed by atoms with Crippen molar-refractivity contribution in [2.24, 2.45) is 0 Å². The molecule has 0 fully saturated rings. The number of fused-ring (bicyclic) bond motifs is 1. The van der Waals surface area contributed by atoms with E-state index in [1.54, 1.807) is 53.7 Å². The van der Waals surface area contributed by atoms with Gasteiger partial charge in [-0.1, -0.05) is 6.07 Å². The van der Waals surface area contributed by atoms with Gasteiger partial charge in [-0.05, 0) is 77.6 Å².